The topological polar surface area (TPSA) is 75.8 Å². The molecule has 0 aromatic heterocycles. The Morgan fingerprint density at radius 2 is 2.12 bits per heavy atom. The van der Waals surface area contributed by atoms with E-state index in [2.05, 4.69) is 0 Å². The Bertz CT molecular complexity index is 404. The molecule has 1 heterocycles. The molecule has 16 heavy (non-hydrogen) atoms. The molecule has 5 heteroatoms. The van der Waals surface area contributed by atoms with Crippen LogP contribution in [-0.2, 0) is 4.74 Å². The minimum atomic E-state index is -0.630. The van der Waals surface area contributed by atoms with Crippen LogP contribution in [0.1, 0.15) is 6.92 Å². The summed E-state index contributed by atoms with van der Waals surface area (Å²) in [4.78, 5) is 13.1. The largest absolute Gasteiger partial charge is 0.508 e. The number of hydrogen-bond donors (Lipinski definition) is 2. The van der Waals surface area contributed by atoms with Crippen LogP contribution in [0, 0.1) is 0 Å². The van der Waals surface area contributed by atoms with Crippen molar-refractivity contribution in [2.45, 2.75) is 12.5 Å². The SMILES string of the molecule is CC1(CN)CN(c2ccc(O)cc2)C(=O)O1. The summed E-state index contributed by atoms with van der Waals surface area (Å²) >= 11 is 0. The Kier molecular flexibility index (Phi) is 2.47. The van der Waals surface area contributed by atoms with Crippen LogP contribution in [-0.4, -0.2) is 29.9 Å². The molecule has 1 atom stereocenters. The first-order valence-electron chi connectivity index (χ1n) is 5.04. The van der Waals surface area contributed by atoms with Crippen LogP contribution in [0.25, 0.3) is 0 Å². The van der Waals surface area contributed by atoms with Gasteiger partial charge in [0.2, 0.25) is 0 Å². The highest BCUT2D eigenvalue weighted by Crippen LogP contribution is 2.28. The third kappa shape index (κ3) is 1.81. The van der Waals surface area contributed by atoms with Crippen LogP contribution >= 0.6 is 0 Å². The number of phenolic OH excluding ortho intramolecular Hbond substituents is 1. The van der Waals surface area contributed by atoms with E-state index in [1.807, 2.05) is 0 Å². The fourth-order valence-electron chi connectivity index (χ4n) is 1.63. The summed E-state index contributed by atoms with van der Waals surface area (Å²) in [6.45, 7) is 2.51. The van der Waals surface area contributed by atoms with Crippen molar-refractivity contribution in [2.75, 3.05) is 18.0 Å². The van der Waals surface area contributed by atoms with Crippen molar-refractivity contribution in [1.82, 2.24) is 0 Å². The summed E-state index contributed by atoms with van der Waals surface area (Å²) in [6, 6.07) is 6.39. The number of phenols is 1. The fourth-order valence-corrected chi connectivity index (χ4v) is 1.63. The molecule has 0 spiro atoms. The smallest absolute Gasteiger partial charge is 0.415 e. The van der Waals surface area contributed by atoms with Crippen molar-refractivity contribution in [1.29, 1.82) is 0 Å². The molecule has 1 aliphatic heterocycles. The summed E-state index contributed by atoms with van der Waals surface area (Å²) in [6.07, 6.45) is -0.404. The summed E-state index contributed by atoms with van der Waals surface area (Å²) in [7, 11) is 0. The Hall–Kier alpha value is -1.75. The third-order valence-corrected chi connectivity index (χ3v) is 2.64. The molecule has 1 fully saturated rings. The molecular formula is C11H14N2O3. The van der Waals surface area contributed by atoms with E-state index in [0.29, 0.717) is 12.2 Å². The zero-order valence-corrected chi connectivity index (χ0v) is 9.01. The number of hydrogen-bond acceptors (Lipinski definition) is 4. The van der Waals surface area contributed by atoms with Gasteiger partial charge in [-0.05, 0) is 31.2 Å². The van der Waals surface area contributed by atoms with Gasteiger partial charge >= 0.3 is 6.09 Å². The second-order valence-electron chi connectivity index (χ2n) is 4.12. The van der Waals surface area contributed by atoms with Gasteiger partial charge in [-0.15, -0.1) is 0 Å². The van der Waals surface area contributed by atoms with E-state index >= 15 is 0 Å². The zero-order valence-electron chi connectivity index (χ0n) is 9.01. The lowest BCUT2D eigenvalue weighted by atomic mass is 10.1. The molecule has 1 saturated heterocycles. The average Bonchev–Trinajstić information content (AvgIpc) is 2.57. The number of amides is 1. The van der Waals surface area contributed by atoms with Crippen LogP contribution in [0.2, 0.25) is 0 Å². The van der Waals surface area contributed by atoms with Crippen molar-refractivity contribution in [3.05, 3.63) is 24.3 Å². The maximum atomic E-state index is 11.6. The van der Waals surface area contributed by atoms with E-state index in [4.69, 9.17) is 15.6 Å². The summed E-state index contributed by atoms with van der Waals surface area (Å²) in [5, 5.41) is 9.16. The number of nitrogens with two attached hydrogens (primary N) is 1. The van der Waals surface area contributed by atoms with E-state index in [0.717, 1.165) is 0 Å². The number of anilines is 1. The molecular weight excluding hydrogens is 208 g/mol. The minimum Gasteiger partial charge on any atom is -0.508 e. The highest BCUT2D eigenvalue weighted by atomic mass is 16.6. The number of rotatable bonds is 2. The quantitative estimate of drug-likeness (QED) is 0.784. The molecule has 3 N–H and O–H groups in total. The fraction of sp³-hybridized carbons (Fsp3) is 0.364. The normalized spacial score (nSPS) is 24.6. The van der Waals surface area contributed by atoms with Crippen LogP contribution in [0.3, 0.4) is 0 Å². The second kappa shape index (κ2) is 3.68. The van der Waals surface area contributed by atoms with Gasteiger partial charge in [-0.3, -0.25) is 4.90 Å². The van der Waals surface area contributed by atoms with E-state index in [1.54, 1.807) is 19.1 Å². The molecule has 1 aromatic carbocycles. The van der Waals surface area contributed by atoms with Gasteiger partial charge in [-0.1, -0.05) is 0 Å². The second-order valence-corrected chi connectivity index (χ2v) is 4.12. The van der Waals surface area contributed by atoms with Crippen molar-refractivity contribution in [2.24, 2.45) is 5.73 Å². The molecule has 1 amide bonds. The average molecular weight is 222 g/mol. The van der Waals surface area contributed by atoms with Crippen molar-refractivity contribution in [3.8, 4) is 5.75 Å². The number of carbonyl (C=O) groups excluding carboxylic acids is 1. The Balaban J connectivity index is 2.23. The van der Waals surface area contributed by atoms with Crippen LogP contribution < -0.4 is 10.6 Å². The molecule has 1 aliphatic rings. The summed E-state index contributed by atoms with van der Waals surface area (Å²) in [5.74, 6) is 0.165. The van der Waals surface area contributed by atoms with Crippen LogP contribution in [0.15, 0.2) is 24.3 Å². The van der Waals surface area contributed by atoms with Crippen LogP contribution in [0.4, 0.5) is 10.5 Å². The molecule has 0 radical (unpaired) electrons. The molecule has 86 valence electrons. The molecule has 5 nitrogen and oxygen atoms in total. The molecule has 0 saturated carbocycles. The van der Waals surface area contributed by atoms with E-state index in [-0.39, 0.29) is 12.3 Å². The van der Waals surface area contributed by atoms with Crippen molar-refractivity contribution in [3.63, 3.8) is 0 Å². The third-order valence-electron chi connectivity index (χ3n) is 2.64. The predicted molar refractivity (Wildman–Crippen MR) is 59.4 cm³/mol. The molecule has 0 aliphatic carbocycles. The van der Waals surface area contributed by atoms with Gasteiger partial charge in [0.15, 0.2) is 0 Å². The molecule has 0 bridgehead atoms. The first kappa shape index (κ1) is 10.8. The van der Waals surface area contributed by atoms with Gasteiger partial charge in [0.05, 0.1) is 6.54 Å². The van der Waals surface area contributed by atoms with Gasteiger partial charge in [0.25, 0.3) is 0 Å². The Morgan fingerprint density at radius 3 is 2.62 bits per heavy atom. The predicted octanol–water partition coefficient (Wildman–Crippen LogP) is 1.07. The first-order valence-corrected chi connectivity index (χ1v) is 5.04. The van der Waals surface area contributed by atoms with Gasteiger partial charge in [0.1, 0.15) is 11.4 Å². The van der Waals surface area contributed by atoms with E-state index < -0.39 is 11.7 Å². The molecule has 2 rings (SSSR count). The van der Waals surface area contributed by atoms with Crippen LogP contribution in [0.5, 0.6) is 5.75 Å². The summed E-state index contributed by atoms with van der Waals surface area (Å²) in [5.41, 5.74) is 5.62. The lowest BCUT2D eigenvalue weighted by Crippen LogP contribution is -2.38. The first-order chi connectivity index (χ1) is 7.54. The minimum absolute atomic E-state index is 0.165. The summed E-state index contributed by atoms with van der Waals surface area (Å²) < 4.78 is 5.19. The standard InChI is InChI=1S/C11H14N2O3/c1-11(6-12)7-13(10(15)16-11)8-2-4-9(14)5-3-8/h2-5,14H,6-7,12H2,1H3. The number of carbonyl (C=O) groups is 1. The Morgan fingerprint density at radius 1 is 1.50 bits per heavy atom. The lowest BCUT2D eigenvalue weighted by Gasteiger charge is -2.18. The molecule has 1 unspecified atom stereocenters. The molecule has 1 aromatic rings. The number of aromatic hydroxyl groups is 1. The number of benzene rings is 1. The number of cyclic esters (lactones) is 1. The maximum absolute atomic E-state index is 11.6. The number of nitrogens with zero attached hydrogens (tertiary/aromatic N) is 1. The Labute approximate surface area is 93.4 Å². The van der Waals surface area contributed by atoms with Gasteiger partial charge in [-0.2, -0.15) is 0 Å². The maximum Gasteiger partial charge on any atom is 0.415 e. The number of ether oxygens (including phenoxy) is 1. The van der Waals surface area contributed by atoms with Crippen molar-refractivity contribution >= 4 is 11.8 Å². The van der Waals surface area contributed by atoms with E-state index in [9.17, 15) is 4.79 Å². The zero-order chi connectivity index (χ0) is 11.8. The monoisotopic (exact) mass is 222 g/mol. The van der Waals surface area contributed by atoms with Gasteiger partial charge in [-0.25, -0.2) is 4.79 Å². The van der Waals surface area contributed by atoms with Crippen molar-refractivity contribution < 1.29 is 14.6 Å². The van der Waals surface area contributed by atoms with Gasteiger partial charge in [0, 0.05) is 12.2 Å². The van der Waals surface area contributed by atoms with E-state index in [1.165, 1.54) is 17.0 Å². The highest BCUT2D eigenvalue weighted by molar-refractivity contribution is 5.90. The lowest BCUT2D eigenvalue weighted by molar-refractivity contribution is 0.0789. The van der Waals surface area contributed by atoms with Gasteiger partial charge < -0.3 is 15.6 Å². The highest BCUT2D eigenvalue weighted by Gasteiger charge is 2.40.